The van der Waals surface area contributed by atoms with Crippen molar-refractivity contribution in [1.29, 1.82) is 0 Å². The van der Waals surface area contributed by atoms with E-state index in [4.69, 9.17) is 0 Å². The molecule has 1 aromatic rings. The average molecular weight is 298 g/mol. The smallest absolute Gasteiger partial charge is 0.0291 e. The van der Waals surface area contributed by atoms with Crippen LogP contribution in [0, 0.1) is 0 Å². The van der Waals surface area contributed by atoms with Crippen molar-refractivity contribution in [1.82, 2.24) is 5.32 Å². The number of hydrogen-bond donors (Lipinski definition) is 1. The lowest BCUT2D eigenvalue weighted by Crippen LogP contribution is -2.19. The summed E-state index contributed by atoms with van der Waals surface area (Å²) in [4.78, 5) is 0. The number of hydrogen-bond acceptors (Lipinski definition) is 1. The molecule has 0 bridgehead atoms. The summed E-state index contributed by atoms with van der Waals surface area (Å²) >= 11 is 3.46. The molecule has 0 aromatic heterocycles. The second kappa shape index (κ2) is 8.71. The zero-order valence-corrected chi connectivity index (χ0v) is 12.6. The molecule has 0 unspecified atom stereocenters. The lowest BCUT2D eigenvalue weighted by Gasteiger charge is -2.14. The quantitative estimate of drug-likeness (QED) is 0.661. The number of benzene rings is 1. The first-order valence-electron chi connectivity index (χ1n) is 6.73. The maximum Gasteiger partial charge on any atom is 0.0291 e. The first kappa shape index (κ1) is 14.7. The summed E-state index contributed by atoms with van der Waals surface area (Å²) in [5.74, 6) is 0. The van der Waals surface area contributed by atoms with Crippen LogP contribution < -0.4 is 5.32 Å². The van der Waals surface area contributed by atoms with Gasteiger partial charge in [-0.3, -0.25) is 0 Å². The van der Waals surface area contributed by atoms with Crippen LogP contribution in [-0.2, 0) is 0 Å². The third-order valence-electron chi connectivity index (χ3n) is 3.10. The fraction of sp³-hybridized carbons (Fsp3) is 0.600. The maximum atomic E-state index is 3.58. The van der Waals surface area contributed by atoms with Gasteiger partial charge in [-0.25, -0.2) is 0 Å². The van der Waals surface area contributed by atoms with Gasteiger partial charge in [0.15, 0.2) is 0 Å². The minimum atomic E-state index is 0.453. The molecule has 0 amide bonds. The molecule has 0 aliphatic rings. The summed E-state index contributed by atoms with van der Waals surface area (Å²) in [5.41, 5.74) is 1.36. The third kappa shape index (κ3) is 6.23. The molecule has 0 radical (unpaired) electrons. The Balaban J connectivity index is 2.16. The third-order valence-corrected chi connectivity index (χ3v) is 3.63. The minimum absolute atomic E-state index is 0.453. The van der Waals surface area contributed by atoms with Gasteiger partial charge in [0.25, 0.3) is 0 Å². The van der Waals surface area contributed by atoms with E-state index in [9.17, 15) is 0 Å². The molecule has 0 aliphatic carbocycles. The van der Waals surface area contributed by atoms with Gasteiger partial charge in [-0.1, -0.05) is 60.7 Å². The Morgan fingerprint density at radius 3 is 2.35 bits per heavy atom. The van der Waals surface area contributed by atoms with Crippen molar-refractivity contribution in [2.45, 2.75) is 52.0 Å². The predicted octanol–water partition coefficient (Wildman–Crippen LogP) is 5.07. The van der Waals surface area contributed by atoms with Gasteiger partial charge in [0, 0.05) is 10.5 Å². The summed E-state index contributed by atoms with van der Waals surface area (Å²) in [6.45, 7) is 5.62. The highest BCUT2D eigenvalue weighted by Crippen LogP contribution is 2.16. The molecule has 0 spiro atoms. The molecule has 2 heteroatoms. The first-order valence-corrected chi connectivity index (χ1v) is 7.52. The molecular weight excluding hydrogens is 274 g/mol. The number of nitrogens with one attached hydrogen (secondary N) is 1. The molecule has 0 heterocycles. The summed E-state index contributed by atoms with van der Waals surface area (Å²) < 4.78 is 1.15. The minimum Gasteiger partial charge on any atom is -0.310 e. The Kier molecular flexibility index (Phi) is 7.54. The van der Waals surface area contributed by atoms with Crippen LogP contribution in [0.4, 0.5) is 0 Å². The van der Waals surface area contributed by atoms with Gasteiger partial charge >= 0.3 is 0 Å². The summed E-state index contributed by atoms with van der Waals surface area (Å²) in [6.07, 6.45) is 6.73. The Labute approximate surface area is 114 Å². The van der Waals surface area contributed by atoms with Crippen LogP contribution in [0.3, 0.4) is 0 Å². The molecule has 0 aliphatic heterocycles. The van der Waals surface area contributed by atoms with Crippen molar-refractivity contribution in [3.05, 3.63) is 34.3 Å². The van der Waals surface area contributed by atoms with Gasteiger partial charge in [-0.05, 0) is 37.6 Å². The molecular formula is C15H24BrN. The van der Waals surface area contributed by atoms with Gasteiger partial charge < -0.3 is 5.32 Å². The van der Waals surface area contributed by atoms with Crippen molar-refractivity contribution < 1.29 is 0 Å². The van der Waals surface area contributed by atoms with E-state index in [1.165, 1.54) is 37.7 Å². The molecule has 0 saturated heterocycles. The normalized spacial score (nSPS) is 12.6. The molecule has 1 aromatic carbocycles. The SMILES string of the molecule is CCCCCCCN[C@@H](C)c1ccc(Br)cc1. The standard InChI is InChI=1S/C15H24BrN/c1-3-4-5-6-7-12-17-13(2)14-8-10-15(16)11-9-14/h8-11,13,17H,3-7,12H2,1-2H3/t13-/m0/s1. The van der Waals surface area contributed by atoms with Crippen molar-refractivity contribution in [2.24, 2.45) is 0 Å². The van der Waals surface area contributed by atoms with Crippen LogP contribution in [-0.4, -0.2) is 6.54 Å². The lowest BCUT2D eigenvalue weighted by atomic mass is 10.1. The van der Waals surface area contributed by atoms with E-state index >= 15 is 0 Å². The molecule has 17 heavy (non-hydrogen) atoms. The van der Waals surface area contributed by atoms with Crippen LogP contribution >= 0.6 is 15.9 Å². The van der Waals surface area contributed by atoms with Gasteiger partial charge in [-0.15, -0.1) is 0 Å². The van der Waals surface area contributed by atoms with Gasteiger partial charge in [0.1, 0.15) is 0 Å². The van der Waals surface area contributed by atoms with E-state index < -0.39 is 0 Å². The van der Waals surface area contributed by atoms with E-state index in [0.29, 0.717) is 6.04 Å². The molecule has 0 fully saturated rings. The van der Waals surface area contributed by atoms with E-state index in [0.717, 1.165) is 11.0 Å². The second-order valence-corrected chi connectivity index (χ2v) is 5.56. The predicted molar refractivity (Wildman–Crippen MR) is 79.3 cm³/mol. The van der Waals surface area contributed by atoms with Crippen LogP contribution in [0.5, 0.6) is 0 Å². The molecule has 1 N–H and O–H groups in total. The Morgan fingerprint density at radius 2 is 1.71 bits per heavy atom. The highest BCUT2D eigenvalue weighted by molar-refractivity contribution is 9.10. The van der Waals surface area contributed by atoms with E-state index in [-0.39, 0.29) is 0 Å². The number of halogens is 1. The highest BCUT2D eigenvalue weighted by Gasteiger charge is 2.03. The summed E-state index contributed by atoms with van der Waals surface area (Å²) in [6, 6.07) is 9.02. The fourth-order valence-corrected chi connectivity index (χ4v) is 2.18. The van der Waals surface area contributed by atoms with Crippen LogP contribution in [0.15, 0.2) is 28.7 Å². The lowest BCUT2D eigenvalue weighted by molar-refractivity contribution is 0.531. The van der Waals surface area contributed by atoms with Crippen molar-refractivity contribution in [2.75, 3.05) is 6.54 Å². The molecule has 0 saturated carbocycles. The molecule has 1 rings (SSSR count). The Bertz CT molecular complexity index is 294. The van der Waals surface area contributed by atoms with Crippen molar-refractivity contribution in [3.8, 4) is 0 Å². The molecule has 96 valence electrons. The molecule has 1 atom stereocenters. The van der Waals surface area contributed by atoms with Crippen molar-refractivity contribution in [3.63, 3.8) is 0 Å². The van der Waals surface area contributed by atoms with Gasteiger partial charge in [0.05, 0.1) is 0 Å². The second-order valence-electron chi connectivity index (χ2n) is 4.64. The monoisotopic (exact) mass is 297 g/mol. The van der Waals surface area contributed by atoms with Crippen LogP contribution in [0.25, 0.3) is 0 Å². The van der Waals surface area contributed by atoms with E-state index in [1.54, 1.807) is 0 Å². The number of unbranched alkanes of at least 4 members (excludes halogenated alkanes) is 4. The van der Waals surface area contributed by atoms with Gasteiger partial charge in [-0.2, -0.15) is 0 Å². The maximum absolute atomic E-state index is 3.58. The van der Waals surface area contributed by atoms with E-state index in [1.807, 2.05) is 0 Å². The highest BCUT2D eigenvalue weighted by atomic mass is 79.9. The van der Waals surface area contributed by atoms with E-state index in [2.05, 4.69) is 59.4 Å². The summed E-state index contributed by atoms with van der Waals surface area (Å²) in [5, 5.41) is 3.58. The summed E-state index contributed by atoms with van der Waals surface area (Å²) in [7, 11) is 0. The first-order chi connectivity index (χ1) is 8.24. The topological polar surface area (TPSA) is 12.0 Å². The number of rotatable bonds is 8. The molecule has 1 nitrogen and oxygen atoms in total. The average Bonchev–Trinajstić information content (AvgIpc) is 2.34. The van der Waals surface area contributed by atoms with Crippen LogP contribution in [0.1, 0.15) is 57.6 Å². The largest absolute Gasteiger partial charge is 0.310 e. The van der Waals surface area contributed by atoms with Crippen LogP contribution in [0.2, 0.25) is 0 Å². The Morgan fingerprint density at radius 1 is 1.06 bits per heavy atom. The zero-order chi connectivity index (χ0) is 12.5. The zero-order valence-electron chi connectivity index (χ0n) is 11.0. The van der Waals surface area contributed by atoms with Gasteiger partial charge in [0.2, 0.25) is 0 Å². The Hall–Kier alpha value is -0.340. The van der Waals surface area contributed by atoms with Crippen molar-refractivity contribution >= 4 is 15.9 Å². The fourth-order valence-electron chi connectivity index (χ4n) is 1.92.